The number of fused-ring (bicyclic) bond motifs is 1. The van der Waals surface area contributed by atoms with Crippen LogP contribution in [-0.2, 0) is 15.3 Å². The number of pyridine rings is 1. The minimum atomic E-state index is -1.35. The van der Waals surface area contributed by atoms with E-state index in [-0.39, 0.29) is 29.9 Å². The van der Waals surface area contributed by atoms with Crippen LogP contribution < -0.4 is 5.69 Å². The summed E-state index contributed by atoms with van der Waals surface area (Å²) >= 11 is 0. The molecule has 1 saturated heterocycles. The molecule has 0 bridgehead atoms. The maximum Gasteiger partial charge on any atom is 0.332 e. The standard InChI is InChI=1S/C26H25FN4O3/c1-3-24(32)29-14-11-19(17-29)30-22-10-13-28-16-23(22)31(25(30)33)26(34-2)12-9-20(21(27)15-26)18-7-5-4-6-8-18/h3-10,12-13,16,19H,1,11,14-15,17H2,2H3/t19?,26-/m0/s1. The highest BCUT2D eigenvalue weighted by molar-refractivity contribution is 5.87. The van der Waals surface area contributed by atoms with Crippen molar-refractivity contribution >= 4 is 22.5 Å². The zero-order valence-corrected chi connectivity index (χ0v) is 18.9. The number of carbonyl (C=O) groups is 1. The summed E-state index contributed by atoms with van der Waals surface area (Å²) in [6.45, 7) is 4.49. The van der Waals surface area contributed by atoms with Crippen LogP contribution >= 0.6 is 0 Å². The number of aromatic nitrogens is 3. The van der Waals surface area contributed by atoms with Crippen LogP contribution in [0.3, 0.4) is 0 Å². The van der Waals surface area contributed by atoms with E-state index in [0.717, 1.165) is 5.56 Å². The largest absolute Gasteiger partial charge is 0.354 e. The maximum atomic E-state index is 15.5. The lowest BCUT2D eigenvalue weighted by molar-refractivity contribution is -0.125. The van der Waals surface area contributed by atoms with Crippen molar-refractivity contribution in [2.45, 2.75) is 24.6 Å². The molecule has 0 N–H and O–H groups in total. The SMILES string of the molecule is C=CC(=O)N1CCC(n2c(=O)n([C@]3(OC)C=CC(c4ccccc4)=C(F)C3)c3cnccc32)C1. The molecule has 2 aliphatic rings. The van der Waals surface area contributed by atoms with E-state index >= 15 is 4.39 Å². The number of carbonyl (C=O) groups excluding carboxylic acids is 1. The van der Waals surface area contributed by atoms with Gasteiger partial charge in [0, 0.05) is 32.0 Å². The molecule has 5 rings (SSSR count). The van der Waals surface area contributed by atoms with Crippen molar-refractivity contribution in [1.82, 2.24) is 19.0 Å². The summed E-state index contributed by atoms with van der Waals surface area (Å²) in [6.07, 6.45) is 8.40. The molecule has 34 heavy (non-hydrogen) atoms. The van der Waals surface area contributed by atoms with Crippen LogP contribution in [0.2, 0.25) is 0 Å². The van der Waals surface area contributed by atoms with Crippen molar-refractivity contribution in [2.75, 3.05) is 20.2 Å². The van der Waals surface area contributed by atoms with Gasteiger partial charge in [-0.25, -0.2) is 9.18 Å². The topological polar surface area (TPSA) is 69.4 Å². The van der Waals surface area contributed by atoms with Crippen LogP contribution in [0.25, 0.3) is 16.6 Å². The third-order valence-corrected chi connectivity index (χ3v) is 6.72. The van der Waals surface area contributed by atoms with Gasteiger partial charge in [0.15, 0.2) is 5.72 Å². The van der Waals surface area contributed by atoms with E-state index in [1.165, 1.54) is 17.8 Å². The predicted octanol–water partition coefficient (Wildman–Crippen LogP) is 3.80. The fraction of sp³-hybridized carbons (Fsp3) is 0.269. The molecule has 1 aliphatic heterocycles. The number of hydrogen-bond donors (Lipinski definition) is 0. The third kappa shape index (κ3) is 3.42. The number of ether oxygens (including phenoxy) is 1. The Morgan fingerprint density at radius 1 is 1.26 bits per heavy atom. The number of hydrogen-bond acceptors (Lipinski definition) is 4. The van der Waals surface area contributed by atoms with Crippen LogP contribution in [0.5, 0.6) is 0 Å². The van der Waals surface area contributed by atoms with Gasteiger partial charge in [0.1, 0.15) is 5.83 Å². The fourth-order valence-electron chi connectivity index (χ4n) is 5.01. The molecule has 3 heterocycles. The summed E-state index contributed by atoms with van der Waals surface area (Å²) in [6, 6.07) is 10.8. The quantitative estimate of drug-likeness (QED) is 0.543. The fourth-order valence-corrected chi connectivity index (χ4v) is 5.01. The monoisotopic (exact) mass is 460 g/mol. The number of benzene rings is 1. The van der Waals surface area contributed by atoms with E-state index in [4.69, 9.17) is 4.74 Å². The Morgan fingerprint density at radius 3 is 2.76 bits per heavy atom. The van der Waals surface area contributed by atoms with Crippen LogP contribution in [0.15, 0.2) is 84.2 Å². The van der Waals surface area contributed by atoms with E-state index in [9.17, 15) is 9.59 Å². The number of imidazole rings is 1. The summed E-state index contributed by atoms with van der Waals surface area (Å²) in [5.74, 6) is -0.527. The second-order valence-corrected chi connectivity index (χ2v) is 8.53. The second-order valence-electron chi connectivity index (χ2n) is 8.53. The molecule has 174 valence electrons. The normalized spacial score (nSPS) is 22.5. The first kappa shape index (κ1) is 22.0. The van der Waals surface area contributed by atoms with Crippen molar-refractivity contribution in [3.8, 4) is 0 Å². The van der Waals surface area contributed by atoms with Gasteiger partial charge >= 0.3 is 5.69 Å². The summed E-state index contributed by atoms with van der Waals surface area (Å²) in [7, 11) is 1.47. The minimum absolute atomic E-state index is 0.135. The summed E-state index contributed by atoms with van der Waals surface area (Å²) in [4.78, 5) is 31.9. The first-order valence-electron chi connectivity index (χ1n) is 11.2. The number of halogens is 1. The average molecular weight is 461 g/mol. The number of likely N-dealkylation sites (tertiary alicyclic amines) is 1. The molecule has 3 aromatic rings. The summed E-state index contributed by atoms with van der Waals surface area (Å²) in [5.41, 5.74) is 0.766. The molecule has 1 aliphatic carbocycles. The smallest absolute Gasteiger partial charge is 0.332 e. The van der Waals surface area contributed by atoms with Gasteiger partial charge in [0.25, 0.3) is 0 Å². The molecule has 8 heteroatoms. The van der Waals surface area contributed by atoms with Gasteiger partial charge in [0.05, 0.1) is 29.7 Å². The van der Waals surface area contributed by atoms with Crippen LogP contribution in [0.1, 0.15) is 24.4 Å². The van der Waals surface area contributed by atoms with E-state index in [1.54, 1.807) is 40.1 Å². The van der Waals surface area contributed by atoms with Crippen molar-refractivity contribution in [3.63, 3.8) is 0 Å². The molecule has 0 radical (unpaired) electrons. The van der Waals surface area contributed by atoms with E-state index in [2.05, 4.69) is 11.6 Å². The lowest BCUT2D eigenvalue weighted by atomic mass is 9.93. The number of rotatable bonds is 5. The highest BCUT2D eigenvalue weighted by Crippen LogP contribution is 2.39. The molecular formula is C26H25FN4O3. The summed E-state index contributed by atoms with van der Waals surface area (Å²) in [5, 5.41) is 0. The molecule has 1 unspecified atom stereocenters. The van der Waals surface area contributed by atoms with Gasteiger partial charge in [0.2, 0.25) is 5.91 Å². The Balaban J connectivity index is 1.61. The van der Waals surface area contributed by atoms with Crippen molar-refractivity contribution in [3.05, 3.63) is 95.5 Å². The Hall–Kier alpha value is -3.78. The molecule has 1 fully saturated rings. The first-order valence-corrected chi connectivity index (χ1v) is 11.2. The molecule has 2 aromatic heterocycles. The highest BCUT2D eigenvalue weighted by Gasteiger charge is 2.40. The van der Waals surface area contributed by atoms with Crippen molar-refractivity contribution in [2.24, 2.45) is 0 Å². The van der Waals surface area contributed by atoms with Crippen LogP contribution in [0.4, 0.5) is 4.39 Å². The Bertz CT molecular complexity index is 1390. The summed E-state index contributed by atoms with van der Waals surface area (Å²) < 4.78 is 24.5. The molecule has 1 aromatic carbocycles. The second kappa shape index (κ2) is 8.53. The first-order chi connectivity index (χ1) is 16.5. The Labute approximate surface area is 196 Å². The number of amides is 1. The lowest BCUT2D eigenvalue weighted by Gasteiger charge is -2.33. The van der Waals surface area contributed by atoms with Gasteiger partial charge in [-0.05, 0) is 30.2 Å². The number of nitrogens with zero attached hydrogens (tertiary/aromatic N) is 4. The molecule has 0 saturated carbocycles. The van der Waals surface area contributed by atoms with Crippen molar-refractivity contribution < 1.29 is 13.9 Å². The highest BCUT2D eigenvalue weighted by atomic mass is 19.1. The lowest BCUT2D eigenvalue weighted by Crippen LogP contribution is -2.43. The molecule has 1 amide bonds. The van der Waals surface area contributed by atoms with Gasteiger partial charge in [-0.2, -0.15) is 0 Å². The van der Waals surface area contributed by atoms with Crippen molar-refractivity contribution in [1.29, 1.82) is 0 Å². The van der Waals surface area contributed by atoms with E-state index in [1.807, 2.05) is 30.3 Å². The molecular weight excluding hydrogens is 435 g/mol. The van der Waals surface area contributed by atoms with Crippen LogP contribution in [-0.4, -0.2) is 45.1 Å². The number of allylic oxidation sites excluding steroid dienone is 2. The van der Waals surface area contributed by atoms with Gasteiger partial charge in [-0.3, -0.25) is 18.9 Å². The molecule has 2 atom stereocenters. The predicted molar refractivity (Wildman–Crippen MR) is 128 cm³/mol. The third-order valence-electron chi connectivity index (χ3n) is 6.72. The Kier molecular flexibility index (Phi) is 5.53. The van der Waals surface area contributed by atoms with Gasteiger partial charge < -0.3 is 9.64 Å². The average Bonchev–Trinajstić information content (AvgIpc) is 3.46. The van der Waals surface area contributed by atoms with E-state index in [0.29, 0.717) is 36.1 Å². The maximum absolute atomic E-state index is 15.5. The van der Waals surface area contributed by atoms with Gasteiger partial charge in [-0.1, -0.05) is 43.0 Å². The zero-order chi connectivity index (χ0) is 23.9. The zero-order valence-electron chi connectivity index (χ0n) is 18.9. The van der Waals surface area contributed by atoms with Crippen LogP contribution in [0, 0.1) is 0 Å². The number of methoxy groups -OCH3 is 1. The van der Waals surface area contributed by atoms with Gasteiger partial charge in [-0.15, -0.1) is 0 Å². The molecule has 0 spiro atoms. The minimum Gasteiger partial charge on any atom is -0.354 e. The Morgan fingerprint density at radius 2 is 2.06 bits per heavy atom. The van der Waals surface area contributed by atoms with E-state index < -0.39 is 5.72 Å². The molecule has 7 nitrogen and oxygen atoms in total.